The molecule has 2 rings (SSSR count). The Morgan fingerprint density at radius 3 is 2.57 bits per heavy atom. The number of carbonyl (C=O) groups is 1. The molecule has 0 aromatic carbocycles. The Kier molecular flexibility index (Phi) is 6.46. The van der Waals surface area contributed by atoms with E-state index in [1.807, 2.05) is 14.0 Å². The lowest BCUT2D eigenvalue weighted by Crippen LogP contribution is -2.63. The monoisotopic (exact) mass is 325 g/mol. The van der Waals surface area contributed by atoms with Gasteiger partial charge in [-0.3, -0.25) is 9.69 Å². The van der Waals surface area contributed by atoms with Crippen LogP contribution in [-0.4, -0.2) is 61.8 Å². The van der Waals surface area contributed by atoms with E-state index in [1.165, 1.54) is 32.1 Å². The van der Waals surface area contributed by atoms with Gasteiger partial charge in [0.25, 0.3) is 0 Å². The third-order valence-corrected chi connectivity index (χ3v) is 5.43. The number of nitrogens with zero attached hydrogens (tertiary/aromatic N) is 1. The van der Waals surface area contributed by atoms with E-state index in [0.29, 0.717) is 0 Å². The summed E-state index contributed by atoms with van der Waals surface area (Å²) < 4.78 is 5.89. The topological polar surface area (TPSA) is 53.6 Å². The molecule has 0 spiro atoms. The number of rotatable bonds is 6. The molecule has 1 saturated heterocycles. The van der Waals surface area contributed by atoms with Gasteiger partial charge in [0.1, 0.15) is 0 Å². The van der Waals surface area contributed by atoms with Crippen molar-refractivity contribution in [2.75, 3.05) is 39.8 Å². The van der Waals surface area contributed by atoms with Gasteiger partial charge in [-0.2, -0.15) is 0 Å². The molecule has 0 aromatic rings. The van der Waals surface area contributed by atoms with Crippen molar-refractivity contribution in [3.05, 3.63) is 0 Å². The zero-order chi connectivity index (χ0) is 16.9. The highest BCUT2D eigenvalue weighted by Gasteiger charge is 2.42. The second-order valence-electron chi connectivity index (χ2n) is 7.99. The maximum atomic E-state index is 12.3. The van der Waals surface area contributed by atoms with Gasteiger partial charge in [0.2, 0.25) is 5.91 Å². The minimum Gasteiger partial charge on any atom is -0.373 e. The van der Waals surface area contributed by atoms with Crippen LogP contribution in [0.2, 0.25) is 0 Å². The van der Waals surface area contributed by atoms with Crippen molar-refractivity contribution < 1.29 is 9.53 Å². The summed E-state index contributed by atoms with van der Waals surface area (Å²) in [6, 6.07) is 0. The van der Waals surface area contributed by atoms with Gasteiger partial charge in [-0.05, 0) is 33.7 Å². The summed E-state index contributed by atoms with van der Waals surface area (Å²) in [5.41, 5.74) is 0.0282. The fourth-order valence-electron chi connectivity index (χ4n) is 4.06. The van der Waals surface area contributed by atoms with Gasteiger partial charge in [0, 0.05) is 37.6 Å². The lowest BCUT2D eigenvalue weighted by molar-refractivity contribution is -0.131. The highest BCUT2D eigenvalue weighted by Crippen LogP contribution is 2.36. The first kappa shape index (κ1) is 18.7. The first-order chi connectivity index (χ1) is 10.9. The van der Waals surface area contributed by atoms with E-state index in [2.05, 4.69) is 29.4 Å². The zero-order valence-corrected chi connectivity index (χ0v) is 15.4. The molecule has 2 fully saturated rings. The van der Waals surface area contributed by atoms with Crippen LogP contribution in [0.5, 0.6) is 0 Å². The first-order valence-electron chi connectivity index (χ1n) is 9.20. The van der Waals surface area contributed by atoms with Crippen molar-refractivity contribution in [2.24, 2.45) is 5.92 Å². The van der Waals surface area contributed by atoms with Crippen molar-refractivity contribution in [1.82, 2.24) is 15.5 Å². The fraction of sp³-hybridized carbons (Fsp3) is 0.944. The number of nitrogens with one attached hydrogen (secondary N) is 2. The molecule has 0 aromatic heterocycles. The van der Waals surface area contributed by atoms with Crippen LogP contribution in [0.4, 0.5) is 0 Å². The third-order valence-electron chi connectivity index (χ3n) is 5.43. The highest BCUT2D eigenvalue weighted by molar-refractivity contribution is 5.78. The molecular weight excluding hydrogens is 290 g/mol. The van der Waals surface area contributed by atoms with Crippen molar-refractivity contribution in [3.63, 3.8) is 0 Å². The van der Waals surface area contributed by atoms with Gasteiger partial charge in [0.15, 0.2) is 0 Å². The Morgan fingerprint density at radius 2 is 1.96 bits per heavy atom. The van der Waals surface area contributed by atoms with Crippen LogP contribution in [0.1, 0.15) is 52.9 Å². The maximum Gasteiger partial charge on any atom is 0.224 e. The molecule has 5 heteroatoms. The zero-order valence-electron chi connectivity index (χ0n) is 15.4. The van der Waals surface area contributed by atoms with Crippen LogP contribution in [0.3, 0.4) is 0 Å². The van der Waals surface area contributed by atoms with Crippen LogP contribution >= 0.6 is 0 Å². The SMILES string of the molecule is CNCC(C)C(=O)NCC1(N2CCOC(C)(C)C2)CCCCC1. The molecule has 2 aliphatic rings. The first-order valence-corrected chi connectivity index (χ1v) is 9.20. The summed E-state index contributed by atoms with van der Waals surface area (Å²) >= 11 is 0. The van der Waals surface area contributed by atoms with Crippen LogP contribution in [0, 0.1) is 5.92 Å². The molecule has 23 heavy (non-hydrogen) atoms. The second kappa shape index (κ2) is 7.95. The number of morpholine rings is 1. The molecule has 1 amide bonds. The second-order valence-corrected chi connectivity index (χ2v) is 7.99. The van der Waals surface area contributed by atoms with E-state index >= 15 is 0 Å². The predicted molar refractivity (Wildman–Crippen MR) is 93.5 cm³/mol. The number of carbonyl (C=O) groups excluding carboxylic acids is 1. The molecule has 1 saturated carbocycles. The van der Waals surface area contributed by atoms with Crippen LogP contribution < -0.4 is 10.6 Å². The van der Waals surface area contributed by atoms with Gasteiger partial charge in [0.05, 0.1) is 12.2 Å². The quantitative estimate of drug-likeness (QED) is 0.781. The molecule has 1 heterocycles. The lowest BCUT2D eigenvalue weighted by atomic mass is 9.79. The van der Waals surface area contributed by atoms with Gasteiger partial charge < -0.3 is 15.4 Å². The number of hydrogen-bond donors (Lipinski definition) is 2. The Balaban J connectivity index is 2.02. The minimum absolute atomic E-state index is 0.0155. The highest BCUT2D eigenvalue weighted by atomic mass is 16.5. The summed E-state index contributed by atoms with van der Waals surface area (Å²) in [7, 11) is 1.89. The van der Waals surface area contributed by atoms with Crippen molar-refractivity contribution >= 4 is 5.91 Å². The molecule has 1 aliphatic heterocycles. The lowest BCUT2D eigenvalue weighted by Gasteiger charge is -2.51. The average molecular weight is 325 g/mol. The van der Waals surface area contributed by atoms with Crippen LogP contribution in [0.25, 0.3) is 0 Å². The van der Waals surface area contributed by atoms with E-state index in [1.54, 1.807) is 0 Å². The summed E-state index contributed by atoms with van der Waals surface area (Å²) in [5, 5.41) is 6.32. The Morgan fingerprint density at radius 1 is 1.26 bits per heavy atom. The van der Waals surface area contributed by atoms with E-state index in [0.717, 1.165) is 32.8 Å². The van der Waals surface area contributed by atoms with Gasteiger partial charge in [-0.25, -0.2) is 0 Å². The Hall–Kier alpha value is -0.650. The number of hydrogen-bond acceptors (Lipinski definition) is 4. The predicted octanol–water partition coefficient (Wildman–Crippen LogP) is 1.77. The van der Waals surface area contributed by atoms with Crippen LogP contribution in [0.15, 0.2) is 0 Å². The summed E-state index contributed by atoms with van der Waals surface area (Å²) in [6.45, 7) is 10.5. The van der Waals surface area contributed by atoms with Gasteiger partial charge in [-0.15, -0.1) is 0 Å². The fourth-order valence-corrected chi connectivity index (χ4v) is 4.06. The summed E-state index contributed by atoms with van der Waals surface area (Å²) in [5.74, 6) is 0.179. The molecule has 134 valence electrons. The Bertz CT molecular complexity index is 392. The smallest absolute Gasteiger partial charge is 0.224 e. The standard InChI is InChI=1S/C18H35N3O2/c1-15(12-19-4)16(22)20-13-18(8-6-5-7-9-18)21-10-11-23-17(2,3)14-21/h15,19H,5-14H2,1-4H3,(H,20,22). The largest absolute Gasteiger partial charge is 0.373 e. The molecular formula is C18H35N3O2. The Labute approximate surface area is 141 Å². The number of amides is 1. The summed E-state index contributed by atoms with van der Waals surface area (Å²) in [4.78, 5) is 14.9. The van der Waals surface area contributed by atoms with E-state index in [4.69, 9.17) is 4.74 Å². The normalized spacial score (nSPS) is 25.7. The number of ether oxygens (including phenoxy) is 1. The van der Waals surface area contributed by atoms with Crippen molar-refractivity contribution in [2.45, 2.75) is 64.0 Å². The van der Waals surface area contributed by atoms with Crippen molar-refractivity contribution in [3.8, 4) is 0 Å². The maximum absolute atomic E-state index is 12.3. The van der Waals surface area contributed by atoms with E-state index in [-0.39, 0.29) is 23.0 Å². The molecule has 1 unspecified atom stereocenters. The van der Waals surface area contributed by atoms with Crippen LogP contribution in [-0.2, 0) is 9.53 Å². The molecule has 1 aliphatic carbocycles. The molecule has 0 bridgehead atoms. The van der Waals surface area contributed by atoms with Gasteiger partial charge >= 0.3 is 0 Å². The van der Waals surface area contributed by atoms with Gasteiger partial charge in [-0.1, -0.05) is 26.2 Å². The molecule has 1 atom stereocenters. The molecule has 2 N–H and O–H groups in total. The minimum atomic E-state index is -0.0911. The molecule has 5 nitrogen and oxygen atoms in total. The van der Waals surface area contributed by atoms with E-state index in [9.17, 15) is 4.79 Å². The third kappa shape index (κ3) is 4.91. The van der Waals surface area contributed by atoms with Crippen molar-refractivity contribution in [1.29, 1.82) is 0 Å². The summed E-state index contributed by atoms with van der Waals surface area (Å²) in [6.07, 6.45) is 6.21. The molecule has 0 radical (unpaired) electrons. The average Bonchev–Trinajstić information content (AvgIpc) is 2.53. The van der Waals surface area contributed by atoms with E-state index < -0.39 is 0 Å².